The Morgan fingerprint density at radius 3 is 1.92 bits per heavy atom. The fourth-order valence-corrected chi connectivity index (χ4v) is 3.17. The molecule has 0 bridgehead atoms. The van der Waals surface area contributed by atoms with Gasteiger partial charge in [0.25, 0.3) is 0 Å². The standard InChI is InChI=1S/C26H39NO11/c1-7-11-33-24(31)37-18-10-9-17(13-19(18)38-25(32)34-12-8-2)20(21(27)22(28)29)16(3)14-35-23(30)36-15-26(4,5)6/h9-10,13,16,20-21H,7-8,11-12,14-15,27H2,1-6H3,(H,28,29)/t16?,20?,21-/m0/s1. The third kappa shape index (κ3) is 11.7. The first-order valence-corrected chi connectivity index (χ1v) is 12.4. The van der Waals surface area contributed by atoms with E-state index in [0.717, 1.165) is 0 Å². The molecule has 0 aliphatic rings. The number of carboxylic acids is 1. The van der Waals surface area contributed by atoms with Crippen LogP contribution >= 0.6 is 0 Å². The van der Waals surface area contributed by atoms with Crippen LogP contribution in [0.2, 0.25) is 0 Å². The summed E-state index contributed by atoms with van der Waals surface area (Å²) in [6.07, 6.45) is -1.84. The first-order valence-electron chi connectivity index (χ1n) is 12.4. The van der Waals surface area contributed by atoms with Gasteiger partial charge in [-0.3, -0.25) is 4.79 Å². The van der Waals surface area contributed by atoms with Crippen molar-refractivity contribution in [1.29, 1.82) is 0 Å². The van der Waals surface area contributed by atoms with E-state index in [9.17, 15) is 24.3 Å². The van der Waals surface area contributed by atoms with Crippen LogP contribution in [0.3, 0.4) is 0 Å². The van der Waals surface area contributed by atoms with Gasteiger partial charge in [0.2, 0.25) is 0 Å². The molecule has 1 aromatic carbocycles. The van der Waals surface area contributed by atoms with Gasteiger partial charge in [0.1, 0.15) is 6.04 Å². The van der Waals surface area contributed by atoms with Crippen molar-refractivity contribution in [2.24, 2.45) is 17.1 Å². The van der Waals surface area contributed by atoms with Crippen molar-refractivity contribution in [3.63, 3.8) is 0 Å². The highest BCUT2D eigenvalue weighted by Crippen LogP contribution is 2.36. The van der Waals surface area contributed by atoms with Crippen LogP contribution in [0.25, 0.3) is 0 Å². The highest BCUT2D eigenvalue weighted by Gasteiger charge is 2.33. The van der Waals surface area contributed by atoms with Crippen molar-refractivity contribution in [3.05, 3.63) is 23.8 Å². The molecule has 214 valence electrons. The van der Waals surface area contributed by atoms with Gasteiger partial charge in [-0.1, -0.05) is 47.6 Å². The zero-order valence-corrected chi connectivity index (χ0v) is 22.8. The van der Waals surface area contributed by atoms with Crippen molar-refractivity contribution in [2.45, 2.75) is 66.3 Å². The molecule has 0 amide bonds. The Balaban J connectivity index is 3.24. The number of carbonyl (C=O) groups excluding carboxylic acids is 3. The Morgan fingerprint density at radius 2 is 1.42 bits per heavy atom. The van der Waals surface area contributed by atoms with Crippen molar-refractivity contribution in [3.8, 4) is 11.5 Å². The summed E-state index contributed by atoms with van der Waals surface area (Å²) in [4.78, 5) is 48.0. The van der Waals surface area contributed by atoms with Crippen LogP contribution in [0.4, 0.5) is 14.4 Å². The van der Waals surface area contributed by atoms with Gasteiger partial charge in [0.15, 0.2) is 11.5 Å². The lowest BCUT2D eigenvalue weighted by atomic mass is 9.82. The van der Waals surface area contributed by atoms with Gasteiger partial charge >= 0.3 is 24.4 Å². The maximum absolute atomic E-state index is 12.1. The zero-order valence-electron chi connectivity index (χ0n) is 22.8. The molecular formula is C26H39NO11. The van der Waals surface area contributed by atoms with Crippen molar-refractivity contribution >= 4 is 24.4 Å². The molecule has 12 nitrogen and oxygen atoms in total. The van der Waals surface area contributed by atoms with Gasteiger partial charge < -0.3 is 39.3 Å². The van der Waals surface area contributed by atoms with Crippen LogP contribution in [-0.4, -0.2) is 62.0 Å². The number of hydrogen-bond donors (Lipinski definition) is 2. The molecule has 12 heteroatoms. The third-order valence-electron chi connectivity index (χ3n) is 4.96. The average molecular weight is 542 g/mol. The van der Waals surface area contributed by atoms with Gasteiger partial charge in [-0.15, -0.1) is 0 Å². The third-order valence-corrected chi connectivity index (χ3v) is 4.96. The summed E-state index contributed by atoms with van der Waals surface area (Å²) < 4.78 is 30.5. The summed E-state index contributed by atoms with van der Waals surface area (Å²) in [5, 5.41) is 9.63. The van der Waals surface area contributed by atoms with E-state index in [1.54, 1.807) is 20.8 Å². The van der Waals surface area contributed by atoms with Crippen LogP contribution in [0.5, 0.6) is 11.5 Å². The number of nitrogens with two attached hydrogens (primary N) is 1. The lowest BCUT2D eigenvalue weighted by Gasteiger charge is -2.28. The summed E-state index contributed by atoms with van der Waals surface area (Å²) in [6, 6.07) is 2.68. The van der Waals surface area contributed by atoms with Gasteiger partial charge in [-0.25, -0.2) is 14.4 Å². The van der Waals surface area contributed by atoms with E-state index < -0.39 is 42.3 Å². The second-order valence-electron chi connectivity index (χ2n) is 9.88. The minimum Gasteiger partial charge on any atom is -0.480 e. The van der Waals surface area contributed by atoms with Crippen LogP contribution < -0.4 is 15.2 Å². The summed E-state index contributed by atoms with van der Waals surface area (Å²) in [6.45, 7) is 11.1. The SMILES string of the molecule is CCCOC(=O)Oc1ccc(C(C(C)COC(=O)OCC(C)(C)C)[C@H](N)C(=O)O)cc1OC(=O)OCCC. The Bertz CT molecular complexity index is 942. The molecule has 3 atom stereocenters. The summed E-state index contributed by atoms with van der Waals surface area (Å²) in [5.41, 5.74) is 6.06. The number of carbonyl (C=O) groups is 4. The van der Waals surface area contributed by atoms with Crippen LogP contribution in [-0.2, 0) is 23.7 Å². The molecule has 38 heavy (non-hydrogen) atoms. The van der Waals surface area contributed by atoms with Crippen LogP contribution in [0.15, 0.2) is 18.2 Å². The van der Waals surface area contributed by atoms with Crippen molar-refractivity contribution in [1.82, 2.24) is 0 Å². The van der Waals surface area contributed by atoms with Crippen LogP contribution in [0.1, 0.15) is 65.9 Å². The molecule has 0 radical (unpaired) electrons. The normalized spacial score (nSPS) is 13.4. The first-order chi connectivity index (χ1) is 17.8. The summed E-state index contributed by atoms with van der Waals surface area (Å²) in [7, 11) is 0. The van der Waals surface area contributed by atoms with Gasteiger partial charge in [-0.05, 0) is 41.9 Å². The molecule has 0 aliphatic carbocycles. The Labute approximate surface area is 222 Å². The van der Waals surface area contributed by atoms with Gasteiger partial charge in [-0.2, -0.15) is 0 Å². The number of ether oxygens (including phenoxy) is 6. The minimum absolute atomic E-state index is 0.0967. The van der Waals surface area contributed by atoms with Crippen LogP contribution in [0, 0.1) is 11.3 Å². The van der Waals surface area contributed by atoms with E-state index in [4.69, 9.17) is 34.2 Å². The molecule has 1 rings (SSSR count). The largest absolute Gasteiger partial charge is 0.513 e. The average Bonchev–Trinajstić information content (AvgIpc) is 2.84. The van der Waals surface area contributed by atoms with E-state index in [1.807, 2.05) is 20.8 Å². The molecule has 0 spiro atoms. The number of carboxylic acid groups (broad SMARTS) is 1. The minimum atomic E-state index is -1.42. The number of aliphatic carboxylic acids is 1. The molecule has 0 aromatic heterocycles. The molecule has 0 aliphatic heterocycles. The second kappa shape index (κ2) is 15.7. The maximum Gasteiger partial charge on any atom is 0.513 e. The smallest absolute Gasteiger partial charge is 0.480 e. The lowest BCUT2D eigenvalue weighted by molar-refractivity contribution is -0.139. The first kappa shape index (κ1) is 32.5. The molecule has 0 heterocycles. The lowest BCUT2D eigenvalue weighted by Crippen LogP contribution is -2.40. The van der Waals surface area contributed by atoms with E-state index in [-0.39, 0.29) is 43.3 Å². The zero-order chi connectivity index (χ0) is 28.9. The summed E-state index contributed by atoms with van der Waals surface area (Å²) in [5.74, 6) is -3.18. The molecule has 1 aromatic rings. The Morgan fingerprint density at radius 1 is 0.868 bits per heavy atom. The second-order valence-corrected chi connectivity index (χ2v) is 9.88. The van der Waals surface area contributed by atoms with E-state index in [2.05, 4.69) is 0 Å². The molecule has 0 saturated carbocycles. The molecule has 0 fully saturated rings. The molecule has 2 unspecified atom stereocenters. The van der Waals surface area contributed by atoms with Gasteiger partial charge in [0, 0.05) is 5.92 Å². The van der Waals surface area contributed by atoms with Gasteiger partial charge in [0.05, 0.1) is 26.4 Å². The molecule has 0 saturated heterocycles. The number of benzene rings is 1. The van der Waals surface area contributed by atoms with E-state index in [0.29, 0.717) is 18.4 Å². The van der Waals surface area contributed by atoms with E-state index >= 15 is 0 Å². The number of rotatable bonds is 13. The number of hydrogen-bond acceptors (Lipinski definition) is 11. The summed E-state index contributed by atoms with van der Waals surface area (Å²) >= 11 is 0. The molecular weight excluding hydrogens is 502 g/mol. The Hall–Kier alpha value is -3.54. The van der Waals surface area contributed by atoms with Crippen molar-refractivity contribution in [2.75, 3.05) is 26.4 Å². The predicted molar refractivity (Wildman–Crippen MR) is 135 cm³/mol. The highest BCUT2D eigenvalue weighted by atomic mass is 16.7. The fourth-order valence-electron chi connectivity index (χ4n) is 3.17. The fraction of sp³-hybridized carbons (Fsp3) is 0.615. The molecule has 3 N–H and O–H groups in total. The monoisotopic (exact) mass is 541 g/mol. The maximum atomic E-state index is 12.1. The quantitative estimate of drug-likeness (QED) is 0.198. The van der Waals surface area contributed by atoms with E-state index in [1.165, 1.54) is 18.2 Å². The van der Waals surface area contributed by atoms with Crippen molar-refractivity contribution < 1.29 is 52.7 Å². The Kier molecular flexibility index (Phi) is 13.4. The highest BCUT2D eigenvalue weighted by molar-refractivity contribution is 5.75. The predicted octanol–water partition coefficient (Wildman–Crippen LogP) is 4.87. The topological polar surface area (TPSA) is 170 Å².